The van der Waals surface area contributed by atoms with Crippen LogP contribution in [0.4, 0.5) is 5.69 Å². The van der Waals surface area contributed by atoms with Crippen LogP contribution in [0.2, 0.25) is 0 Å². The SMILES string of the molecule is COCCOc1ccc2c(c1)ncn2-c1ccc2cccc(N3CCC(C(N)c4ccccn4)CC3)c2n1. The molecule has 2 N–H and O–H groups in total. The van der Waals surface area contributed by atoms with Crippen LogP contribution in [0, 0.1) is 5.92 Å². The van der Waals surface area contributed by atoms with Crippen LogP contribution in [0.3, 0.4) is 0 Å². The molecule has 8 heteroatoms. The van der Waals surface area contributed by atoms with E-state index in [4.69, 9.17) is 20.2 Å². The highest BCUT2D eigenvalue weighted by Gasteiger charge is 2.27. The maximum absolute atomic E-state index is 6.59. The molecule has 0 saturated carbocycles. The average molecular weight is 509 g/mol. The molecule has 4 heterocycles. The van der Waals surface area contributed by atoms with Gasteiger partial charge in [-0.1, -0.05) is 18.2 Å². The van der Waals surface area contributed by atoms with Gasteiger partial charge in [-0.15, -0.1) is 0 Å². The molecule has 1 fully saturated rings. The Labute approximate surface area is 222 Å². The van der Waals surface area contributed by atoms with Crippen LogP contribution < -0.4 is 15.4 Å². The number of imidazole rings is 1. The van der Waals surface area contributed by atoms with Crippen molar-refractivity contribution in [3.05, 3.63) is 84.9 Å². The molecule has 1 atom stereocenters. The molecule has 38 heavy (non-hydrogen) atoms. The van der Waals surface area contributed by atoms with Crippen LogP contribution in [0.25, 0.3) is 27.8 Å². The van der Waals surface area contributed by atoms with Gasteiger partial charge in [0.25, 0.3) is 0 Å². The number of methoxy groups -OCH3 is 1. The van der Waals surface area contributed by atoms with Gasteiger partial charge in [-0.25, -0.2) is 9.97 Å². The number of benzene rings is 2. The number of piperidine rings is 1. The van der Waals surface area contributed by atoms with E-state index in [9.17, 15) is 0 Å². The average Bonchev–Trinajstić information content (AvgIpc) is 3.40. The van der Waals surface area contributed by atoms with Crippen LogP contribution in [0.15, 0.2) is 79.3 Å². The predicted molar refractivity (Wildman–Crippen MR) is 150 cm³/mol. The fourth-order valence-electron chi connectivity index (χ4n) is 5.33. The third kappa shape index (κ3) is 4.80. The molecule has 1 aliphatic heterocycles. The molecule has 0 amide bonds. The second-order valence-electron chi connectivity index (χ2n) is 9.73. The zero-order chi connectivity index (χ0) is 25.9. The maximum atomic E-state index is 6.59. The number of ether oxygens (including phenoxy) is 2. The van der Waals surface area contributed by atoms with Gasteiger partial charge >= 0.3 is 0 Å². The molecular weight excluding hydrogens is 476 g/mol. The van der Waals surface area contributed by atoms with Crippen molar-refractivity contribution in [2.24, 2.45) is 11.7 Å². The Balaban J connectivity index is 1.24. The number of rotatable bonds is 8. The number of fused-ring (bicyclic) bond motifs is 2. The number of nitrogens with two attached hydrogens (primary N) is 1. The summed E-state index contributed by atoms with van der Waals surface area (Å²) in [5.74, 6) is 2.03. The molecule has 5 aromatic rings. The van der Waals surface area contributed by atoms with Crippen molar-refractivity contribution in [2.75, 3.05) is 38.3 Å². The van der Waals surface area contributed by atoms with E-state index in [0.29, 0.717) is 19.1 Å². The zero-order valence-corrected chi connectivity index (χ0v) is 21.5. The first-order valence-corrected chi connectivity index (χ1v) is 13.1. The number of para-hydroxylation sites is 1. The fraction of sp³-hybridized carbons (Fsp3) is 0.300. The summed E-state index contributed by atoms with van der Waals surface area (Å²) in [4.78, 5) is 16.7. The minimum Gasteiger partial charge on any atom is -0.491 e. The Bertz CT molecular complexity index is 1530. The van der Waals surface area contributed by atoms with Crippen molar-refractivity contribution < 1.29 is 9.47 Å². The van der Waals surface area contributed by atoms with Crippen LogP contribution in [-0.2, 0) is 4.74 Å². The Hall–Kier alpha value is -4.01. The van der Waals surface area contributed by atoms with Crippen molar-refractivity contribution >= 4 is 27.6 Å². The molecule has 194 valence electrons. The summed E-state index contributed by atoms with van der Waals surface area (Å²) in [5.41, 5.74) is 11.6. The maximum Gasteiger partial charge on any atom is 0.139 e. The highest BCUT2D eigenvalue weighted by molar-refractivity contribution is 5.92. The van der Waals surface area contributed by atoms with E-state index in [-0.39, 0.29) is 6.04 Å². The molecule has 1 aliphatic rings. The summed E-state index contributed by atoms with van der Waals surface area (Å²) in [7, 11) is 1.66. The van der Waals surface area contributed by atoms with Crippen molar-refractivity contribution in [1.29, 1.82) is 0 Å². The van der Waals surface area contributed by atoms with E-state index in [1.54, 1.807) is 7.11 Å². The van der Waals surface area contributed by atoms with Crippen molar-refractivity contribution in [1.82, 2.24) is 19.5 Å². The summed E-state index contributed by atoms with van der Waals surface area (Å²) in [6.45, 7) is 2.93. The van der Waals surface area contributed by atoms with E-state index in [1.165, 1.54) is 0 Å². The minimum absolute atomic E-state index is 0.0315. The molecule has 1 unspecified atom stereocenters. The largest absolute Gasteiger partial charge is 0.491 e. The Kier molecular flexibility index (Phi) is 6.90. The van der Waals surface area contributed by atoms with Crippen LogP contribution in [0.1, 0.15) is 24.6 Å². The highest BCUT2D eigenvalue weighted by Crippen LogP contribution is 2.33. The summed E-state index contributed by atoms with van der Waals surface area (Å²) >= 11 is 0. The lowest BCUT2D eigenvalue weighted by Gasteiger charge is -2.36. The first-order valence-electron chi connectivity index (χ1n) is 13.1. The van der Waals surface area contributed by atoms with Gasteiger partial charge in [-0.2, -0.15) is 0 Å². The lowest BCUT2D eigenvalue weighted by Crippen LogP contribution is -2.37. The second kappa shape index (κ2) is 10.8. The highest BCUT2D eigenvalue weighted by atomic mass is 16.5. The lowest BCUT2D eigenvalue weighted by molar-refractivity contribution is 0.146. The van der Waals surface area contributed by atoms with E-state index >= 15 is 0 Å². The van der Waals surface area contributed by atoms with Gasteiger partial charge < -0.3 is 20.1 Å². The number of hydrogen-bond donors (Lipinski definition) is 1. The van der Waals surface area contributed by atoms with Gasteiger partial charge in [-0.05, 0) is 61.2 Å². The van der Waals surface area contributed by atoms with Crippen LogP contribution in [0.5, 0.6) is 5.75 Å². The van der Waals surface area contributed by atoms with Crippen LogP contribution in [-0.4, -0.2) is 52.9 Å². The molecule has 0 spiro atoms. The Morgan fingerprint density at radius 2 is 1.87 bits per heavy atom. The van der Waals surface area contributed by atoms with E-state index < -0.39 is 0 Å². The minimum atomic E-state index is -0.0315. The molecular formula is C30H32N6O2. The molecule has 8 nitrogen and oxygen atoms in total. The molecule has 6 rings (SSSR count). The monoisotopic (exact) mass is 508 g/mol. The fourth-order valence-corrected chi connectivity index (χ4v) is 5.33. The first-order chi connectivity index (χ1) is 18.7. The third-order valence-electron chi connectivity index (χ3n) is 7.42. The lowest BCUT2D eigenvalue weighted by atomic mass is 9.87. The molecule has 0 aliphatic carbocycles. The van der Waals surface area contributed by atoms with Gasteiger partial charge in [0.2, 0.25) is 0 Å². The van der Waals surface area contributed by atoms with E-state index in [1.807, 2.05) is 59.6 Å². The van der Waals surface area contributed by atoms with Gasteiger partial charge in [-0.3, -0.25) is 9.55 Å². The molecule has 0 radical (unpaired) electrons. The number of pyridine rings is 2. The van der Waals surface area contributed by atoms with E-state index in [2.05, 4.69) is 39.1 Å². The summed E-state index contributed by atoms with van der Waals surface area (Å²) in [6, 6.07) is 22.5. The molecule has 3 aromatic heterocycles. The predicted octanol–water partition coefficient (Wildman–Crippen LogP) is 4.91. The number of hydrogen-bond acceptors (Lipinski definition) is 7. The molecule has 2 aromatic carbocycles. The van der Waals surface area contributed by atoms with E-state index in [0.717, 1.165) is 70.8 Å². The summed E-state index contributed by atoms with van der Waals surface area (Å²) in [6.07, 6.45) is 5.69. The smallest absolute Gasteiger partial charge is 0.139 e. The third-order valence-corrected chi connectivity index (χ3v) is 7.42. The van der Waals surface area contributed by atoms with Gasteiger partial charge in [0.15, 0.2) is 0 Å². The standard InChI is InChI=1S/C30H32N6O2/c1-37-17-18-38-23-9-10-26-25(19-23)33-20-36(26)28-11-8-22-5-4-7-27(30(22)34-28)35-15-12-21(13-16-35)29(31)24-6-2-3-14-32-24/h2-11,14,19-21,29H,12-13,15-18,31H2,1H3. The van der Waals surface area contributed by atoms with Crippen molar-refractivity contribution in [2.45, 2.75) is 18.9 Å². The van der Waals surface area contributed by atoms with Gasteiger partial charge in [0.05, 0.1) is 34.5 Å². The topological polar surface area (TPSA) is 91.3 Å². The normalized spacial score (nSPS) is 15.3. The molecule has 1 saturated heterocycles. The number of aromatic nitrogens is 4. The second-order valence-corrected chi connectivity index (χ2v) is 9.73. The Morgan fingerprint density at radius 1 is 0.974 bits per heavy atom. The number of nitrogens with zero attached hydrogens (tertiary/aromatic N) is 5. The zero-order valence-electron chi connectivity index (χ0n) is 21.5. The summed E-state index contributed by atoms with van der Waals surface area (Å²) in [5, 5.41) is 1.12. The molecule has 0 bridgehead atoms. The summed E-state index contributed by atoms with van der Waals surface area (Å²) < 4.78 is 12.9. The quantitative estimate of drug-likeness (QED) is 0.298. The number of anilines is 1. The Morgan fingerprint density at radius 3 is 2.68 bits per heavy atom. The van der Waals surface area contributed by atoms with Gasteiger partial charge in [0.1, 0.15) is 24.5 Å². The van der Waals surface area contributed by atoms with Crippen LogP contribution >= 0.6 is 0 Å². The van der Waals surface area contributed by atoms with Gasteiger partial charge in [0, 0.05) is 43.9 Å². The van der Waals surface area contributed by atoms with Crippen molar-refractivity contribution in [3.63, 3.8) is 0 Å². The first kappa shape index (κ1) is 24.3. The van der Waals surface area contributed by atoms with Crippen molar-refractivity contribution in [3.8, 4) is 11.6 Å².